The molecular formula is C15H31N3O2. The number of amides is 1. The molecule has 1 amide bonds. The number of nitrogens with zero attached hydrogens (tertiary/aromatic N) is 1. The molecule has 5 heteroatoms. The van der Waals surface area contributed by atoms with Gasteiger partial charge in [-0.15, -0.1) is 0 Å². The second-order valence-electron chi connectivity index (χ2n) is 5.68. The molecule has 0 saturated carbocycles. The first kappa shape index (κ1) is 17.4. The zero-order valence-electron chi connectivity index (χ0n) is 13.1. The lowest BCUT2D eigenvalue weighted by atomic mass is 9.93. The van der Waals surface area contributed by atoms with Gasteiger partial charge in [0.2, 0.25) is 5.91 Å². The summed E-state index contributed by atoms with van der Waals surface area (Å²) in [6.45, 7) is 9.71. The Bertz CT molecular complexity index is 274. The largest absolute Gasteiger partial charge is 0.382 e. The van der Waals surface area contributed by atoms with Gasteiger partial charge >= 0.3 is 0 Å². The summed E-state index contributed by atoms with van der Waals surface area (Å²) in [5, 5.41) is 3.15. The molecule has 2 atom stereocenters. The van der Waals surface area contributed by atoms with Gasteiger partial charge in [0.25, 0.3) is 0 Å². The van der Waals surface area contributed by atoms with Crippen molar-refractivity contribution < 1.29 is 9.53 Å². The number of hydrogen-bond acceptors (Lipinski definition) is 4. The number of nitrogens with one attached hydrogen (secondary N) is 1. The zero-order valence-corrected chi connectivity index (χ0v) is 13.1. The molecule has 118 valence electrons. The van der Waals surface area contributed by atoms with E-state index in [1.165, 1.54) is 0 Å². The Balaban J connectivity index is 2.20. The Morgan fingerprint density at radius 2 is 2.25 bits per heavy atom. The summed E-state index contributed by atoms with van der Waals surface area (Å²) >= 11 is 0. The van der Waals surface area contributed by atoms with Gasteiger partial charge in [-0.25, -0.2) is 0 Å². The van der Waals surface area contributed by atoms with Crippen molar-refractivity contribution >= 4 is 5.91 Å². The van der Waals surface area contributed by atoms with E-state index in [2.05, 4.69) is 17.1 Å². The molecule has 0 aromatic rings. The minimum atomic E-state index is 0.150. The average Bonchev–Trinajstić information content (AvgIpc) is 2.44. The lowest BCUT2D eigenvalue weighted by Gasteiger charge is -2.37. The van der Waals surface area contributed by atoms with Crippen LogP contribution in [0.3, 0.4) is 0 Å². The van der Waals surface area contributed by atoms with Gasteiger partial charge in [0.15, 0.2) is 0 Å². The van der Waals surface area contributed by atoms with Crippen LogP contribution in [0.4, 0.5) is 0 Å². The normalized spacial score (nSPS) is 23.8. The zero-order chi connectivity index (χ0) is 14.8. The first-order chi connectivity index (χ1) is 9.67. The second kappa shape index (κ2) is 10.1. The van der Waals surface area contributed by atoms with Gasteiger partial charge in [-0.2, -0.15) is 0 Å². The summed E-state index contributed by atoms with van der Waals surface area (Å²) in [6.07, 6.45) is 3.46. The lowest BCUT2D eigenvalue weighted by Crippen LogP contribution is -2.50. The number of piperidine rings is 1. The number of nitrogens with two attached hydrogens (primary N) is 1. The molecular weight excluding hydrogens is 254 g/mol. The van der Waals surface area contributed by atoms with E-state index in [9.17, 15) is 4.79 Å². The van der Waals surface area contributed by atoms with Crippen molar-refractivity contribution in [1.82, 2.24) is 10.2 Å². The molecule has 1 saturated heterocycles. The van der Waals surface area contributed by atoms with Gasteiger partial charge in [-0.1, -0.05) is 6.92 Å². The molecule has 1 heterocycles. The van der Waals surface area contributed by atoms with Crippen LogP contribution in [0, 0.1) is 5.92 Å². The summed E-state index contributed by atoms with van der Waals surface area (Å²) in [7, 11) is 0. The number of ether oxygens (including phenoxy) is 1. The minimum Gasteiger partial charge on any atom is -0.382 e. The van der Waals surface area contributed by atoms with Crippen LogP contribution in [0.5, 0.6) is 0 Å². The Morgan fingerprint density at radius 3 is 2.90 bits per heavy atom. The third-order valence-electron chi connectivity index (χ3n) is 3.91. The number of carbonyl (C=O) groups is 1. The molecule has 1 aliphatic rings. The van der Waals surface area contributed by atoms with Gasteiger partial charge in [0.05, 0.1) is 0 Å². The fourth-order valence-corrected chi connectivity index (χ4v) is 2.73. The molecule has 0 aliphatic carbocycles. The highest BCUT2D eigenvalue weighted by Gasteiger charge is 2.26. The smallest absolute Gasteiger partial charge is 0.220 e. The van der Waals surface area contributed by atoms with Crippen LogP contribution < -0.4 is 11.1 Å². The minimum absolute atomic E-state index is 0.150. The SMILES string of the molecule is CCOCCCN1CCC(NC(=O)CCCN)C(C)C1. The summed E-state index contributed by atoms with van der Waals surface area (Å²) in [6, 6.07) is 0.323. The van der Waals surface area contributed by atoms with Gasteiger partial charge in [0, 0.05) is 45.3 Å². The molecule has 2 unspecified atom stereocenters. The molecule has 0 aromatic carbocycles. The van der Waals surface area contributed by atoms with E-state index in [4.69, 9.17) is 10.5 Å². The maximum Gasteiger partial charge on any atom is 0.220 e. The van der Waals surface area contributed by atoms with Crippen LogP contribution in [0.15, 0.2) is 0 Å². The molecule has 5 nitrogen and oxygen atoms in total. The summed E-state index contributed by atoms with van der Waals surface area (Å²) in [5.74, 6) is 0.662. The molecule has 0 radical (unpaired) electrons. The Morgan fingerprint density at radius 1 is 1.45 bits per heavy atom. The monoisotopic (exact) mass is 285 g/mol. The van der Waals surface area contributed by atoms with E-state index in [0.717, 1.165) is 52.1 Å². The second-order valence-corrected chi connectivity index (χ2v) is 5.68. The summed E-state index contributed by atoms with van der Waals surface area (Å²) in [5.41, 5.74) is 5.43. The first-order valence-corrected chi connectivity index (χ1v) is 7.96. The Labute approximate surface area is 123 Å². The highest BCUT2D eigenvalue weighted by atomic mass is 16.5. The first-order valence-electron chi connectivity index (χ1n) is 7.96. The number of likely N-dealkylation sites (tertiary alicyclic amines) is 1. The van der Waals surface area contributed by atoms with Gasteiger partial charge < -0.3 is 20.7 Å². The highest BCUT2D eigenvalue weighted by Crippen LogP contribution is 2.17. The number of hydrogen-bond donors (Lipinski definition) is 2. The molecule has 1 rings (SSSR count). The third kappa shape index (κ3) is 6.68. The fourth-order valence-electron chi connectivity index (χ4n) is 2.73. The predicted molar refractivity (Wildman–Crippen MR) is 81.6 cm³/mol. The summed E-state index contributed by atoms with van der Waals surface area (Å²) in [4.78, 5) is 14.2. The molecule has 3 N–H and O–H groups in total. The van der Waals surface area contributed by atoms with E-state index >= 15 is 0 Å². The van der Waals surface area contributed by atoms with E-state index in [-0.39, 0.29) is 5.91 Å². The number of carbonyl (C=O) groups excluding carboxylic acids is 1. The van der Waals surface area contributed by atoms with Crippen molar-refractivity contribution in [2.45, 2.75) is 45.6 Å². The van der Waals surface area contributed by atoms with E-state index in [1.807, 2.05) is 6.92 Å². The van der Waals surface area contributed by atoms with Crippen molar-refractivity contribution in [3.8, 4) is 0 Å². The van der Waals surface area contributed by atoms with Crippen LogP contribution >= 0.6 is 0 Å². The van der Waals surface area contributed by atoms with Gasteiger partial charge in [-0.3, -0.25) is 4.79 Å². The topological polar surface area (TPSA) is 67.6 Å². The molecule has 20 heavy (non-hydrogen) atoms. The van der Waals surface area contributed by atoms with Crippen molar-refractivity contribution in [3.63, 3.8) is 0 Å². The van der Waals surface area contributed by atoms with Crippen LogP contribution in [-0.4, -0.2) is 56.2 Å². The lowest BCUT2D eigenvalue weighted by molar-refractivity contribution is -0.122. The van der Waals surface area contributed by atoms with Crippen molar-refractivity contribution in [1.29, 1.82) is 0 Å². The Kier molecular flexibility index (Phi) is 8.82. The third-order valence-corrected chi connectivity index (χ3v) is 3.91. The van der Waals surface area contributed by atoms with E-state index in [1.54, 1.807) is 0 Å². The average molecular weight is 285 g/mol. The standard InChI is InChI=1S/C15H31N3O2/c1-3-20-11-5-9-18-10-7-14(13(2)12-18)17-15(19)6-4-8-16/h13-14H,3-12,16H2,1-2H3,(H,17,19). The molecule has 0 bridgehead atoms. The predicted octanol–water partition coefficient (Wildman–Crippen LogP) is 0.979. The maximum absolute atomic E-state index is 11.7. The molecule has 0 aromatic heterocycles. The van der Waals surface area contributed by atoms with E-state index < -0.39 is 0 Å². The molecule has 1 fully saturated rings. The maximum atomic E-state index is 11.7. The van der Waals surface area contributed by atoms with Crippen LogP contribution in [-0.2, 0) is 9.53 Å². The molecule has 0 spiro atoms. The van der Waals surface area contributed by atoms with Gasteiger partial charge in [-0.05, 0) is 38.6 Å². The highest BCUT2D eigenvalue weighted by molar-refractivity contribution is 5.76. The van der Waals surface area contributed by atoms with Crippen LogP contribution in [0.2, 0.25) is 0 Å². The van der Waals surface area contributed by atoms with E-state index in [0.29, 0.717) is 24.9 Å². The van der Waals surface area contributed by atoms with Crippen LogP contribution in [0.25, 0.3) is 0 Å². The van der Waals surface area contributed by atoms with Gasteiger partial charge in [0.1, 0.15) is 0 Å². The quantitative estimate of drug-likeness (QED) is 0.620. The van der Waals surface area contributed by atoms with Crippen molar-refractivity contribution in [2.75, 3.05) is 39.4 Å². The Hall–Kier alpha value is -0.650. The van der Waals surface area contributed by atoms with Crippen LogP contribution in [0.1, 0.15) is 39.5 Å². The fraction of sp³-hybridized carbons (Fsp3) is 0.933. The number of rotatable bonds is 9. The van der Waals surface area contributed by atoms with Crippen molar-refractivity contribution in [2.24, 2.45) is 11.7 Å². The van der Waals surface area contributed by atoms with Crippen molar-refractivity contribution in [3.05, 3.63) is 0 Å². The summed E-state index contributed by atoms with van der Waals surface area (Å²) < 4.78 is 5.37. The molecule has 1 aliphatic heterocycles.